The van der Waals surface area contributed by atoms with E-state index in [1.54, 1.807) is 0 Å². The summed E-state index contributed by atoms with van der Waals surface area (Å²) in [5.74, 6) is 0.567. The number of aliphatic hydroxyl groups is 1. The summed E-state index contributed by atoms with van der Waals surface area (Å²) in [5.41, 5.74) is 0.133. The molecule has 1 N–H and O–H groups in total. The normalized spacial score (nSPS) is 19.2. The minimum atomic E-state index is -4.29. The predicted octanol–water partition coefficient (Wildman–Crippen LogP) is 4.97. The third-order valence-electron chi connectivity index (χ3n) is 4.33. The Bertz CT molecular complexity index is 417. The van der Waals surface area contributed by atoms with Gasteiger partial charge in [0.25, 0.3) is 0 Å². The average molecular weight is 300 g/mol. The highest BCUT2D eigenvalue weighted by molar-refractivity contribution is 5.25. The summed E-state index contributed by atoms with van der Waals surface area (Å²) in [6.45, 7) is 0. The molecule has 1 aromatic carbocycles. The summed E-state index contributed by atoms with van der Waals surface area (Å²) in [6.07, 6.45) is 3.83. The molecule has 0 heterocycles. The van der Waals surface area contributed by atoms with E-state index in [0.717, 1.165) is 24.1 Å². The Labute approximate surface area is 124 Å². The van der Waals surface area contributed by atoms with Gasteiger partial charge in [-0.3, -0.25) is 0 Å². The van der Waals surface area contributed by atoms with Crippen molar-refractivity contribution in [3.05, 3.63) is 35.4 Å². The van der Waals surface area contributed by atoms with E-state index in [1.165, 1.54) is 50.7 Å². The second-order valence-corrected chi connectivity index (χ2v) is 6.15. The zero-order valence-corrected chi connectivity index (χ0v) is 12.2. The molecule has 1 unspecified atom stereocenters. The first-order chi connectivity index (χ1) is 9.95. The minimum Gasteiger partial charge on any atom is -0.393 e. The van der Waals surface area contributed by atoms with Crippen LogP contribution in [0.5, 0.6) is 0 Å². The van der Waals surface area contributed by atoms with Crippen molar-refractivity contribution in [2.45, 2.75) is 63.6 Å². The molecule has 0 spiro atoms. The summed E-state index contributed by atoms with van der Waals surface area (Å²) in [7, 11) is 0. The van der Waals surface area contributed by atoms with Gasteiger partial charge >= 0.3 is 6.18 Å². The maximum absolute atomic E-state index is 12.5. The largest absolute Gasteiger partial charge is 0.416 e. The lowest BCUT2D eigenvalue weighted by Gasteiger charge is -2.18. The smallest absolute Gasteiger partial charge is 0.393 e. The lowest BCUT2D eigenvalue weighted by atomic mass is 9.91. The van der Waals surface area contributed by atoms with Crippen LogP contribution in [0.15, 0.2) is 24.3 Å². The minimum absolute atomic E-state index is 0.439. The zero-order valence-electron chi connectivity index (χ0n) is 12.2. The highest BCUT2D eigenvalue weighted by atomic mass is 19.4. The average Bonchev–Trinajstić information content (AvgIpc) is 2.67. The number of aliphatic hydroxyl groups excluding tert-OH is 1. The summed E-state index contributed by atoms with van der Waals surface area (Å²) in [5, 5.41) is 10.2. The number of hydrogen-bond acceptors (Lipinski definition) is 1. The number of hydrogen-bond donors (Lipinski definition) is 1. The molecule has 118 valence electrons. The molecule has 21 heavy (non-hydrogen) atoms. The first kappa shape index (κ1) is 16.3. The summed E-state index contributed by atoms with van der Waals surface area (Å²) >= 11 is 0. The fourth-order valence-electron chi connectivity index (χ4n) is 3.17. The number of rotatable bonds is 4. The van der Waals surface area contributed by atoms with E-state index in [9.17, 15) is 18.3 Å². The topological polar surface area (TPSA) is 20.2 Å². The van der Waals surface area contributed by atoms with Gasteiger partial charge in [-0.25, -0.2) is 0 Å². The predicted molar refractivity (Wildman–Crippen MR) is 77.0 cm³/mol. The van der Waals surface area contributed by atoms with Crippen LogP contribution >= 0.6 is 0 Å². The van der Waals surface area contributed by atoms with E-state index in [0.29, 0.717) is 12.3 Å². The van der Waals surface area contributed by atoms with Crippen LogP contribution in [0.3, 0.4) is 0 Å². The lowest BCUT2D eigenvalue weighted by molar-refractivity contribution is -0.137. The number of alkyl halides is 3. The van der Waals surface area contributed by atoms with Crippen molar-refractivity contribution in [1.82, 2.24) is 0 Å². The van der Waals surface area contributed by atoms with Gasteiger partial charge in [-0.05, 0) is 36.5 Å². The van der Waals surface area contributed by atoms with Crippen molar-refractivity contribution >= 4 is 0 Å². The molecule has 0 amide bonds. The van der Waals surface area contributed by atoms with Crippen molar-refractivity contribution in [2.24, 2.45) is 5.92 Å². The van der Waals surface area contributed by atoms with Crippen molar-refractivity contribution in [2.75, 3.05) is 0 Å². The van der Waals surface area contributed by atoms with Gasteiger partial charge in [-0.1, -0.05) is 50.7 Å². The Morgan fingerprint density at radius 2 is 1.57 bits per heavy atom. The highest BCUT2D eigenvalue weighted by Crippen LogP contribution is 2.30. The standard InChI is InChI=1S/C17H23F3O/c18-17(19,20)15-9-7-14(8-10-15)12-16(21)11-13-5-3-1-2-4-6-13/h7-10,13,16,21H,1-6,11-12H2. The fourth-order valence-corrected chi connectivity index (χ4v) is 3.17. The quantitative estimate of drug-likeness (QED) is 0.778. The third-order valence-corrected chi connectivity index (χ3v) is 4.33. The van der Waals surface area contributed by atoms with Gasteiger partial charge in [0.2, 0.25) is 0 Å². The summed E-state index contributed by atoms with van der Waals surface area (Å²) in [6, 6.07) is 5.12. The third kappa shape index (κ3) is 5.34. The van der Waals surface area contributed by atoms with Crippen molar-refractivity contribution in [1.29, 1.82) is 0 Å². The van der Waals surface area contributed by atoms with Crippen LogP contribution in [0.4, 0.5) is 13.2 Å². The van der Waals surface area contributed by atoms with Gasteiger partial charge in [-0.15, -0.1) is 0 Å². The Kier molecular flexibility index (Phi) is 5.68. The van der Waals surface area contributed by atoms with Gasteiger partial charge in [-0.2, -0.15) is 13.2 Å². The number of benzene rings is 1. The van der Waals surface area contributed by atoms with Crippen molar-refractivity contribution in [3.8, 4) is 0 Å². The van der Waals surface area contributed by atoms with Crippen LogP contribution in [-0.2, 0) is 12.6 Å². The molecule has 4 heteroatoms. The monoisotopic (exact) mass is 300 g/mol. The lowest BCUT2D eigenvalue weighted by Crippen LogP contribution is -2.16. The van der Waals surface area contributed by atoms with E-state index in [4.69, 9.17) is 0 Å². The molecule has 0 radical (unpaired) electrons. The van der Waals surface area contributed by atoms with E-state index in [-0.39, 0.29) is 0 Å². The molecule has 1 aromatic rings. The van der Waals surface area contributed by atoms with Crippen LogP contribution in [0, 0.1) is 5.92 Å². The fraction of sp³-hybridized carbons (Fsp3) is 0.647. The van der Waals surface area contributed by atoms with Crippen LogP contribution < -0.4 is 0 Å². The molecule has 1 aliphatic rings. The Hall–Kier alpha value is -1.03. The van der Waals surface area contributed by atoms with Gasteiger partial charge in [0.05, 0.1) is 11.7 Å². The molecule has 1 aliphatic carbocycles. The molecular formula is C17H23F3O. The summed E-state index contributed by atoms with van der Waals surface area (Å²) in [4.78, 5) is 0. The van der Waals surface area contributed by atoms with Crippen molar-refractivity contribution in [3.63, 3.8) is 0 Å². The first-order valence-corrected chi connectivity index (χ1v) is 7.79. The Balaban J connectivity index is 1.85. The molecule has 0 bridgehead atoms. The maximum Gasteiger partial charge on any atom is 0.416 e. The highest BCUT2D eigenvalue weighted by Gasteiger charge is 2.30. The first-order valence-electron chi connectivity index (χ1n) is 7.79. The van der Waals surface area contributed by atoms with Crippen LogP contribution in [-0.4, -0.2) is 11.2 Å². The van der Waals surface area contributed by atoms with Gasteiger partial charge in [0, 0.05) is 0 Å². The molecule has 1 nitrogen and oxygen atoms in total. The Morgan fingerprint density at radius 1 is 1.00 bits per heavy atom. The van der Waals surface area contributed by atoms with Crippen LogP contribution in [0.25, 0.3) is 0 Å². The summed E-state index contributed by atoms with van der Waals surface area (Å²) < 4.78 is 37.4. The van der Waals surface area contributed by atoms with Crippen LogP contribution in [0.2, 0.25) is 0 Å². The second-order valence-electron chi connectivity index (χ2n) is 6.15. The van der Waals surface area contributed by atoms with E-state index in [1.807, 2.05) is 0 Å². The zero-order chi connectivity index (χ0) is 15.3. The van der Waals surface area contributed by atoms with Gasteiger partial charge < -0.3 is 5.11 Å². The maximum atomic E-state index is 12.5. The molecule has 0 aliphatic heterocycles. The van der Waals surface area contributed by atoms with Crippen LogP contribution in [0.1, 0.15) is 56.1 Å². The molecule has 2 rings (SSSR count). The molecule has 0 saturated heterocycles. The Morgan fingerprint density at radius 3 is 2.10 bits per heavy atom. The molecule has 1 atom stereocenters. The van der Waals surface area contributed by atoms with E-state index < -0.39 is 17.8 Å². The van der Waals surface area contributed by atoms with Gasteiger partial charge in [0.1, 0.15) is 0 Å². The molecular weight excluding hydrogens is 277 g/mol. The van der Waals surface area contributed by atoms with E-state index >= 15 is 0 Å². The molecule has 1 fully saturated rings. The molecule has 0 aromatic heterocycles. The molecule has 1 saturated carbocycles. The second kappa shape index (κ2) is 7.30. The van der Waals surface area contributed by atoms with E-state index in [2.05, 4.69) is 0 Å². The van der Waals surface area contributed by atoms with Crippen molar-refractivity contribution < 1.29 is 18.3 Å². The SMILES string of the molecule is OC(Cc1ccc(C(F)(F)F)cc1)CC1CCCCCC1. The number of halogens is 3. The van der Waals surface area contributed by atoms with Gasteiger partial charge in [0.15, 0.2) is 0 Å².